The van der Waals surface area contributed by atoms with Gasteiger partial charge >= 0.3 is 0 Å². The number of carbonyl (C=O) groups excluding carboxylic acids is 1. The second-order valence-electron chi connectivity index (χ2n) is 6.02. The number of ether oxygens (including phenoxy) is 1. The molecule has 1 N–H and O–H groups in total. The van der Waals surface area contributed by atoms with Crippen LogP contribution in [0, 0.1) is 5.92 Å². The Balaban J connectivity index is 1.57. The highest BCUT2D eigenvalue weighted by Gasteiger charge is 2.29. The molecule has 4 nitrogen and oxygen atoms in total. The van der Waals surface area contributed by atoms with Crippen LogP contribution in [0.1, 0.15) is 24.1 Å². The van der Waals surface area contributed by atoms with E-state index in [-0.39, 0.29) is 5.92 Å². The third kappa shape index (κ3) is 2.23. The fourth-order valence-corrected chi connectivity index (χ4v) is 3.58. The molecule has 0 aliphatic carbocycles. The van der Waals surface area contributed by atoms with Crippen molar-refractivity contribution in [2.45, 2.75) is 25.8 Å². The van der Waals surface area contributed by atoms with Gasteiger partial charge in [-0.25, -0.2) is 0 Å². The molecule has 1 fully saturated rings. The van der Waals surface area contributed by atoms with Crippen LogP contribution in [0.5, 0.6) is 0 Å². The molecule has 1 aromatic carbocycles. The van der Waals surface area contributed by atoms with Crippen molar-refractivity contribution in [3.63, 3.8) is 0 Å². The number of H-pyrrole nitrogens is 1. The monoisotopic (exact) mass is 284 g/mol. The van der Waals surface area contributed by atoms with E-state index in [2.05, 4.69) is 29.2 Å². The minimum atomic E-state index is 0.157. The number of benzene rings is 1. The molecule has 0 bridgehead atoms. The highest BCUT2D eigenvalue weighted by atomic mass is 16.5. The molecule has 2 aromatic rings. The summed E-state index contributed by atoms with van der Waals surface area (Å²) in [5, 5.41) is 1.31. The van der Waals surface area contributed by atoms with E-state index >= 15 is 0 Å². The van der Waals surface area contributed by atoms with Crippen molar-refractivity contribution >= 4 is 16.8 Å². The molecular formula is C17H20N2O2. The maximum atomic E-state index is 12.6. The van der Waals surface area contributed by atoms with Crippen molar-refractivity contribution in [1.29, 1.82) is 0 Å². The van der Waals surface area contributed by atoms with E-state index in [0.29, 0.717) is 5.91 Å². The normalized spacial score (nSPS) is 19.7. The topological polar surface area (TPSA) is 45.3 Å². The van der Waals surface area contributed by atoms with Gasteiger partial charge in [0.15, 0.2) is 0 Å². The van der Waals surface area contributed by atoms with Crippen LogP contribution in [-0.4, -0.2) is 35.5 Å². The number of para-hydroxylation sites is 1. The Morgan fingerprint density at radius 3 is 2.90 bits per heavy atom. The highest BCUT2D eigenvalue weighted by molar-refractivity contribution is 5.86. The quantitative estimate of drug-likeness (QED) is 0.874. The summed E-state index contributed by atoms with van der Waals surface area (Å²) in [5.41, 5.74) is 3.78. The zero-order chi connectivity index (χ0) is 14.2. The number of amides is 1. The van der Waals surface area contributed by atoms with Crippen LogP contribution < -0.4 is 0 Å². The minimum absolute atomic E-state index is 0.157. The van der Waals surface area contributed by atoms with Crippen molar-refractivity contribution in [2.24, 2.45) is 5.92 Å². The van der Waals surface area contributed by atoms with Gasteiger partial charge < -0.3 is 14.6 Å². The van der Waals surface area contributed by atoms with Crippen LogP contribution in [0.4, 0.5) is 0 Å². The summed E-state index contributed by atoms with van der Waals surface area (Å²) in [6.45, 7) is 3.01. The molecule has 21 heavy (non-hydrogen) atoms. The van der Waals surface area contributed by atoms with Gasteiger partial charge in [0, 0.05) is 42.3 Å². The number of fused-ring (bicyclic) bond motifs is 3. The summed E-state index contributed by atoms with van der Waals surface area (Å²) in [6.07, 6.45) is 2.69. The van der Waals surface area contributed by atoms with Gasteiger partial charge in [-0.05, 0) is 30.9 Å². The van der Waals surface area contributed by atoms with Gasteiger partial charge in [0.1, 0.15) is 0 Å². The summed E-state index contributed by atoms with van der Waals surface area (Å²) < 4.78 is 5.36. The predicted molar refractivity (Wildman–Crippen MR) is 81.0 cm³/mol. The molecule has 0 unspecified atom stereocenters. The Hall–Kier alpha value is -1.81. The molecule has 2 aliphatic heterocycles. The Kier molecular flexibility index (Phi) is 3.19. The summed E-state index contributed by atoms with van der Waals surface area (Å²) in [7, 11) is 0. The summed E-state index contributed by atoms with van der Waals surface area (Å²) >= 11 is 0. The fourth-order valence-electron chi connectivity index (χ4n) is 3.58. The van der Waals surface area contributed by atoms with Crippen LogP contribution in [0.15, 0.2) is 24.3 Å². The number of carbonyl (C=O) groups is 1. The zero-order valence-electron chi connectivity index (χ0n) is 12.1. The van der Waals surface area contributed by atoms with Crippen molar-refractivity contribution < 1.29 is 9.53 Å². The lowest BCUT2D eigenvalue weighted by Gasteiger charge is -2.32. The Bertz CT molecular complexity index is 670. The number of hydrogen-bond acceptors (Lipinski definition) is 2. The summed E-state index contributed by atoms with van der Waals surface area (Å²) in [6, 6.07) is 8.41. The molecule has 0 saturated carbocycles. The molecular weight excluding hydrogens is 264 g/mol. The third-order valence-corrected chi connectivity index (χ3v) is 4.76. The van der Waals surface area contributed by atoms with Crippen LogP contribution in [0.2, 0.25) is 0 Å². The summed E-state index contributed by atoms with van der Waals surface area (Å²) in [4.78, 5) is 18.1. The standard InChI is InChI=1S/C17H20N2O2/c20-17(12-6-9-21-10-7-12)19-8-5-14-13-3-1-2-4-15(13)18-16(14)11-19/h1-4,12,18H,5-11H2. The van der Waals surface area contributed by atoms with Crippen molar-refractivity contribution in [1.82, 2.24) is 9.88 Å². The maximum absolute atomic E-state index is 12.6. The Morgan fingerprint density at radius 2 is 2.05 bits per heavy atom. The first kappa shape index (κ1) is 12.9. The van der Waals surface area contributed by atoms with Crippen molar-refractivity contribution in [3.05, 3.63) is 35.5 Å². The van der Waals surface area contributed by atoms with Gasteiger partial charge in [-0.1, -0.05) is 18.2 Å². The second-order valence-corrected chi connectivity index (χ2v) is 6.02. The molecule has 1 amide bonds. The average Bonchev–Trinajstić information content (AvgIpc) is 2.92. The van der Waals surface area contributed by atoms with Gasteiger partial charge in [0.25, 0.3) is 0 Å². The molecule has 0 spiro atoms. The molecule has 2 aliphatic rings. The van der Waals surface area contributed by atoms with Gasteiger partial charge in [-0.15, -0.1) is 0 Å². The highest BCUT2D eigenvalue weighted by Crippen LogP contribution is 2.29. The van der Waals surface area contributed by atoms with E-state index in [9.17, 15) is 4.79 Å². The molecule has 0 atom stereocenters. The molecule has 1 saturated heterocycles. The number of hydrogen-bond donors (Lipinski definition) is 1. The summed E-state index contributed by atoms with van der Waals surface area (Å²) in [5.74, 6) is 0.465. The minimum Gasteiger partial charge on any atom is -0.381 e. The van der Waals surface area contributed by atoms with Gasteiger partial charge in [-0.3, -0.25) is 4.79 Å². The van der Waals surface area contributed by atoms with Gasteiger partial charge in [0.05, 0.1) is 6.54 Å². The van der Waals surface area contributed by atoms with Crippen LogP contribution in [-0.2, 0) is 22.5 Å². The average molecular weight is 284 g/mol. The number of nitrogens with one attached hydrogen (secondary N) is 1. The number of nitrogens with zero attached hydrogens (tertiary/aromatic N) is 1. The van der Waals surface area contributed by atoms with E-state index in [1.807, 2.05) is 4.90 Å². The van der Waals surface area contributed by atoms with Gasteiger partial charge in [-0.2, -0.15) is 0 Å². The molecule has 4 heteroatoms. The van der Waals surface area contributed by atoms with Crippen LogP contribution in [0.3, 0.4) is 0 Å². The number of aromatic amines is 1. The molecule has 0 radical (unpaired) electrons. The largest absolute Gasteiger partial charge is 0.381 e. The first-order valence-electron chi connectivity index (χ1n) is 7.78. The zero-order valence-corrected chi connectivity index (χ0v) is 12.1. The van der Waals surface area contributed by atoms with Crippen LogP contribution in [0.25, 0.3) is 10.9 Å². The van der Waals surface area contributed by atoms with E-state index in [1.54, 1.807) is 0 Å². The molecule has 110 valence electrons. The molecule has 1 aromatic heterocycles. The molecule has 3 heterocycles. The third-order valence-electron chi connectivity index (χ3n) is 4.76. The lowest BCUT2D eigenvalue weighted by atomic mass is 9.96. The second kappa shape index (κ2) is 5.19. The lowest BCUT2D eigenvalue weighted by molar-refractivity contribution is -0.139. The van der Waals surface area contributed by atoms with Crippen LogP contribution >= 0.6 is 0 Å². The van der Waals surface area contributed by atoms with E-state index in [0.717, 1.165) is 45.6 Å². The van der Waals surface area contributed by atoms with E-state index in [4.69, 9.17) is 4.74 Å². The first-order chi connectivity index (χ1) is 10.3. The SMILES string of the molecule is O=C(C1CCOCC1)N1CCc2c([nH]c3ccccc23)C1. The maximum Gasteiger partial charge on any atom is 0.226 e. The van der Waals surface area contributed by atoms with E-state index < -0.39 is 0 Å². The first-order valence-corrected chi connectivity index (χ1v) is 7.78. The molecule has 4 rings (SSSR count). The fraction of sp³-hybridized carbons (Fsp3) is 0.471. The number of aromatic nitrogens is 1. The van der Waals surface area contributed by atoms with Gasteiger partial charge in [0.2, 0.25) is 5.91 Å². The van der Waals surface area contributed by atoms with Crippen molar-refractivity contribution in [2.75, 3.05) is 19.8 Å². The Morgan fingerprint density at radius 1 is 1.24 bits per heavy atom. The Labute approximate surface area is 124 Å². The smallest absolute Gasteiger partial charge is 0.226 e. The van der Waals surface area contributed by atoms with E-state index in [1.165, 1.54) is 22.2 Å². The number of rotatable bonds is 1. The lowest BCUT2D eigenvalue weighted by Crippen LogP contribution is -2.41. The predicted octanol–water partition coefficient (Wildman–Crippen LogP) is 2.48. The van der Waals surface area contributed by atoms with Crippen molar-refractivity contribution in [3.8, 4) is 0 Å².